The van der Waals surface area contributed by atoms with Gasteiger partial charge in [-0.05, 0) is 55.8 Å². The standard InChI is InChI=1S/C24H21N3O7/c1-23(2)17-13-15(22(30)34-26-20(28)8-9-21(26)29)4-6-18(17)25(3)24(23)11-10-14-12-16(27(31)32)5-7-19(14)33-24/h4-7,10-13H,8-9H2,1-3H3. The summed E-state index contributed by atoms with van der Waals surface area (Å²) in [6.45, 7) is 3.94. The summed E-state index contributed by atoms with van der Waals surface area (Å²) < 4.78 is 6.46. The number of nitro groups is 1. The minimum atomic E-state index is -0.956. The highest BCUT2D eigenvalue weighted by molar-refractivity contribution is 6.03. The number of fused-ring (bicyclic) bond motifs is 2. The summed E-state index contributed by atoms with van der Waals surface area (Å²) in [4.78, 5) is 54.0. The Bertz CT molecular complexity index is 1300. The van der Waals surface area contributed by atoms with Gasteiger partial charge >= 0.3 is 5.97 Å². The van der Waals surface area contributed by atoms with E-state index in [1.165, 1.54) is 12.1 Å². The third kappa shape index (κ3) is 2.91. The third-order valence-corrected chi connectivity index (χ3v) is 6.80. The third-order valence-electron chi connectivity index (χ3n) is 6.80. The first-order valence-corrected chi connectivity index (χ1v) is 10.7. The number of imide groups is 1. The molecule has 174 valence electrons. The second-order valence-electron chi connectivity index (χ2n) is 8.99. The first-order chi connectivity index (χ1) is 16.0. The van der Waals surface area contributed by atoms with Crippen molar-refractivity contribution in [1.29, 1.82) is 0 Å². The van der Waals surface area contributed by atoms with Crippen LogP contribution in [0.1, 0.15) is 48.2 Å². The predicted octanol–water partition coefficient (Wildman–Crippen LogP) is 3.35. The van der Waals surface area contributed by atoms with Crippen LogP contribution in [0.3, 0.4) is 0 Å². The molecule has 2 aromatic rings. The number of nitrogens with zero attached hydrogens (tertiary/aromatic N) is 3. The molecule has 3 aliphatic rings. The van der Waals surface area contributed by atoms with E-state index in [4.69, 9.17) is 9.57 Å². The second-order valence-corrected chi connectivity index (χ2v) is 8.99. The van der Waals surface area contributed by atoms with Crippen LogP contribution in [0.5, 0.6) is 5.75 Å². The van der Waals surface area contributed by atoms with Crippen molar-refractivity contribution in [3.8, 4) is 5.75 Å². The van der Waals surface area contributed by atoms with Crippen molar-refractivity contribution in [2.24, 2.45) is 0 Å². The summed E-state index contributed by atoms with van der Waals surface area (Å²) in [6.07, 6.45) is 3.70. The molecule has 3 heterocycles. The molecule has 0 radical (unpaired) electrons. The number of carbonyl (C=O) groups excluding carboxylic acids is 3. The van der Waals surface area contributed by atoms with Gasteiger partial charge < -0.3 is 14.5 Å². The molecule has 10 nitrogen and oxygen atoms in total. The van der Waals surface area contributed by atoms with Crippen LogP contribution < -0.4 is 9.64 Å². The fraction of sp³-hybridized carbons (Fsp3) is 0.292. The lowest BCUT2D eigenvalue weighted by Gasteiger charge is -2.45. The number of ether oxygens (including phenoxy) is 1. The molecule has 1 saturated heterocycles. The maximum absolute atomic E-state index is 12.7. The molecular formula is C24H21N3O7. The van der Waals surface area contributed by atoms with Crippen molar-refractivity contribution >= 4 is 35.2 Å². The van der Waals surface area contributed by atoms with Gasteiger partial charge in [0.05, 0.1) is 15.9 Å². The van der Waals surface area contributed by atoms with Crippen LogP contribution in [0.15, 0.2) is 42.5 Å². The number of amides is 2. The van der Waals surface area contributed by atoms with Crippen molar-refractivity contribution in [1.82, 2.24) is 5.06 Å². The lowest BCUT2D eigenvalue weighted by Crippen LogP contribution is -2.58. The van der Waals surface area contributed by atoms with Crippen LogP contribution in [0.2, 0.25) is 0 Å². The quantitative estimate of drug-likeness (QED) is 0.386. The Kier molecular flexibility index (Phi) is 4.54. The van der Waals surface area contributed by atoms with E-state index in [2.05, 4.69) is 0 Å². The monoisotopic (exact) mass is 463 g/mol. The number of rotatable bonds is 3. The zero-order chi connectivity index (χ0) is 24.4. The Morgan fingerprint density at radius 2 is 1.82 bits per heavy atom. The minimum absolute atomic E-state index is 0.0188. The van der Waals surface area contributed by atoms with Crippen molar-refractivity contribution < 1.29 is 28.9 Å². The summed E-state index contributed by atoms with van der Waals surface area (Å²) in [5.74, 6) is -1.38. The summed E-state index contributed by atoms with van der Waals surface area (Å²) in [7, 11) is 1.87. The molecule has 34 heavy (non-hydrogen) atoms. The zero-order valence-corrected chi connectivity index (χ0v) is 18.7. The Hall–Kier alpha value is -4.21. The highest BCUT2D eigenvalue weighted by Gasteiger charge is 2.58. The number of non-ortho nitro benzene ring substituents is 1. The number of anilines is 1. The average Bonchev–Trinajstić information content (AvgIpc) is 3.20. The van der Waals surface area contributed by atoms with Crippen LogP contribution in [0.25, 0.3) is 6.08 Å². The molecule has 1 unspecified atom stereocenters. The van der Waals surface area contributed by atoms with Crippen molar-refractivity contribution in [3.63, 3.8) is 0 Å². The zero-order valence-electron chi connectivity index (χ0n) is 18.7. The molecule has 0 bridgehead atoms. The van der Waals surface area contributed by atoms with Gasteiger partial charge in [-0.2, -0.15) is 0 Å². The fourth-order valence-corrected chi connectivity index (χ4v) is 4.83. The van der Waals surface area contributed by atoms with Gasteiger partial charge in [0.15, 0.2) is 0 Å². The summed E-state index contributed by atoms with van der Waals surface area (Å²) in [5, 5.41) is 11.7. The normalized spacial score (nSPS) is 22.0. The van der Waals surface area contributed by atoms with E-state index >= 15 is 0 Å². The Balaban J connectivity index is 1.49. The van der Waals surface area contributed by atoms with Gasteiger partial charge in [0.1, 0.15) is 5.75 Å². The van der Waals surface area contributed by atoms with Crippen LogP contribution in [0.4, 0.5) is 11.4 Å². The molecule has 0 aliphatic carbocycles. The number of carbonyl (C=O) groups is 3. The minimum Gasteiger partial charge on any atom is -0.463 e. The number of likely N-dealkylation sites (N-methyl/N-ethyl adjacent to an activating group) is 1. The van der Waals surface area contributed by atoms with Crippen LogP contribution in [0, 0.1) is 10.1 Å². The molecule has 2 aromatic carbocycles. The molecule has 2 amide bonds. The lowest BCUT2D eigenvalue weighted by atomic mass is 9.76. The Morgan fingerprint density at radius 3 is 2.50 bits per heavy atom. The molecule has 0 aromatic heterocycles. The molecule has 5 rings (SSSR count). The molecule has 3 aliphatic heterocycles. The summed E-state index contributed by atoms with van der Waals surface area (Å²) in [6, 6.07) is 9.45. The maximum Gasteiger partial charge on any atom is 0.363 e. The van der Waals surface area contributed by atoms with Gasteiger partial charge in [-0.1, -0.05) is 0 Å². The van der Waals surface area contributed by atoms with Gasteiger partial charge in [0.25, 0.3) is 17.5 Å². The largest absolute Gasteiger partial charge is 0.463 e. The van der Waals surface area contributed by atoms with Gasteiger partial charge in [-0.15, -0.1) is 5.06 Å². The Morgan fingerprint density at radius 1 is 1.12 bits per heavy atom. The first-order valence-electron chi connectivity index (χ1n) is 10.7. The van der Waals surface area contributed by atoms with E-state index in [1.807, 2.05) is 31.9 Å². The summed E-state index contributed by atoms with van der Waals surface area (Å²) in [5.41, 5.74) is 0.779. The van der Waals surface area contributed by atoms with E-state index in [9.17, 15) is 24.5 Å². The molecule has 0 N–H and O–H groups in total. The van der Waals surface area contributed by atoms with Crippen molar-refractivity contribution in [2.75, 3.05) is 11.9 Å². The molecular weight excluding hydrogens is 442 g/mol. The SMILES string of the molecule is CN1c2ccc(C(=O)ON3C(=O)CCC3=O)cc2C(C)(C)C12C=Cc1cc([N+](=O)[O-])ccc1O2. The van der Waals surface area contributed by atoms with E-state index in [-0.39, 0.29) is 24.1 Å². The topological polar surface area (TPSA) is 119 Å². The summed E-state index contributed by atoms with van der Waals surface area (Å²) >= 11 is 0. The van der Waals surface area contributed by atoms with E-state index < -0.39 is 33.8 Å². The highest BCUT2D eigenvalue weighted by Crippen LogP contribution is 2.54. The van der Waals surface area contributed by atoms with Crippen LogP contribution >= 0.6 is 0 Å². The molecule has 0 saturated carbocycles. The predicted molar refractivity (Wildman–Crippen MR) is 120 cm³/mol. The number of hydrogen-bond donors (Lipinski definition) is 0. The molecule has 1 fully saturated rings. The van der Waals surface area contributed by atoms with Gasteiger partial charge in [-0.25, -0.2) is 4.79 Å². The number of nitro benzene ring substituents is 1. The van der Waals surface area contributed by atoms with Gasteiger partial charge in [0.2, 0.25) is 5.72 Å². The van der Waals surface area contributed by atoms with Crippen LogP contribution in [-0.2, 0) is 19.8 Å². The van der Waals surface area contributed by atoms with Gasteiger partial charge in [0, 0.05) is 43.3 Å². The second kappa shape index (κ2) is 7.14. The van der Waals surface area contributed by atoms with E-state index in [0.29, 0.717) is 16.4 Å². The van der Waals surface area contributed by atoms with Crippen molar-refractivity contribution in [3.05, 3.63) is 69.3 Å². The van der Waals surface area contributed by atoms with Crippen molar-refractivity contribution in [2.45, 2.75) is 37.8 Å². The number of hydroxylamine groups is 2. The Labute approximate surface area is 194 Å². The highest BCUT2D eigenvalue weighted by atomic mass is 16.7. The number of benzene rings is 2. The van der Waals surface area contributed by atoms with E-state index in [0.717, 1.165) is 11.3 Å². The fourth-order valence-electron chi connectivity index (χ4n) is 4.83. The lowest BCUT2D eigenvalue weighted by molar-refractivity contribution is -0.384. The molecule has 1 spiro atoms. The molecule has 1 atom stereocenters. The maximum atomic E-state index is 12.7. The van der Waals surface area contributed by atoms with E-state index in [1.54, 1.807) is 30.3 Å². The average molecular weight is 463 g/mol. The van der Waals surface area contributed by atoms with Gasteiger partial charge in [-0.3, -0.25) is 19.7 Å². The smallest absolute Gasteiger partial charge is 0.363 e. The first kappa shape index (κ1) is 21.6. The molecule has 10 heteroatoms. The van der Waals surface area contributed by atoms with Crippen LogP contribution in [-0.4, -0.2) is 40.5 Å². The number of hydrogen-bond acceptors (Lipinski definition) is 8.